The summed E-state index contributed by atoms with van der Waals surface area (Å²) in [5, 5.41) is 9.25. The highest BCUT2D eigenvalue weighted by atomic mass is 16.5. The summed E-state index contributed by atoms with van der Waals surface area (Å²) in [6.45, 7) is 2.33. The van der Waals surface area contributed by atoms with Crippen molar-refractivity contribution in [2.45, 2.75) is 6.92 Å². The summed E-state index contributed by atoms with van der Waals surface area (Å²) >= 11 is 0. The molecule has 2 heterocycles. The fourth-order valence-corrected chi connectivity index (χ4v) is 2.93. The van der Waals surface area contributed by atoms with Gasteiger partial charge in [0.05, 0.1) is 33.8 Å². The molecule has 2 aliphatic heterocycles. The second-order valence-corrected chi connectivity index (χ2v) is 5.59. The largest absolute Gasteiger partial charge is 0.493 e. The Hall–Kier alpha value is -3.03. The molecule has 0 radical (unpaired) electrons. The van der Waals surface area contributed by atoms with E-state index in [1.165, 1.54) is 13.4 Å². The first-order valence-electron chi connectivity index (χ1n) is 7.74. The minimum atomic E-state index is -0.354. The van der Waals surface area contributed by atoms with Crippen LogP contribution in [0.15, 0.2) is 39.6 Å². The molecule has 1 N–H and O–H groups in total. The van der Waals surface area contributed by atoms with E-state index in [0.717, 1.165) is 17.0 Å². The van der Waals surface area contributed by atoms with Gasteiger partial charge in [-0.2, -0.15) is 5.10 Å². The molecule has 3 rings (SSSR count). The summed E-state index contributed by atoms with van der Waals surface area (Å²) < 4.78 is 15.4. The van der Waals surface area contributed by atoms with Crippen LogP contribution in [0.25, 0.3) is 0 Å². The summed E-state index contributed by atoms with van der Waals surface area (Å²) in [5.41, 5.74) is 2.44. The molecule has 132 valence electrons. The van der Waals surface area contributed by atoms with Gasteiger partial charge >= 0.3 is 5.97 Å². The molecule has 0 spiro atoms. The van der Waals surface area contributed by atoms with Crippen LogP contribution in [-0.4, -0.2) is 51.0 Å². The number of hydrogen-bond acceptors (Lipinski definition) is 8. The summed E-state index contributed by atoms with van der Waals surface area (Å²) in [7, 11) is 4.56. The second-order valence-electron chi connectivity index (χ2n) is 5.59. The predicted octanol–water partition coefficient (Wildman–Crippen LogP) is 1.85. The van der Waals surface area contributed by atoms with E-state index in [9.17, 15) is 4.79 Å². The van der Waals surface area contributed by atoms with E-state index in [2.05, 4.69) is 15.4 Å². The lowest BCUT2D eigenvalue weighted by Gasteiger charge is -2.22. The highest BCUT2D eigenvalue weighted by Gasteiger charge is 2.37. The topological polar surface area (TPSA) is 84.8 Å². The summed E-state index contributed by atoms with van der Waals surface area (Å²) in [5.74, 6) is 1.24. The predicted molar refractivity (Wildman–Crippen MR) is 94.0 cm³/mol. The Morgan fingerprint density at radius 1 is 1.24 bits per heavy atom. The van der Waals surface area contributed by atoms with Crippen molar-refractivity contribution in [3.63, 3.8) is 0 Å². The van der Waals surface area contributed by atoms with Gasteiger partial charge in [-0.3, -0.25) is 9.80 Å². The molecule has 8 heteroatoms. The number of carbonyl (C=O) groups excluding carboxylic acids is 1. The number of ether oxygens (including phenoxy) is 3. The molecule has 0 saturated carbocycles. The number of nitrogens with one attached hydrogen (secondary N) is 1. The van der Waals surface area contributed by atoms with Gasteiger partial charge in [0.15, 0.2) is 17.3 Å². The Balaban J connectivity index is 1.90. The van der Waals surface area contributed by atoms with E-state index in [1.807, 2.05) is 25.1 Å². The third-order valence-corrected chi connectivity index (χ3v) is 4.24. The van der Waals surface area contributed by atoms with Gasteiger partial charge in [0, 0.05) is 11.8 Å². The molecule has 1 atom stereocenters. The molecular weight excluding hydrogens is 324 g/mol. The van der Waals surface area contributed by atoms with Gasteiger partial charge in [-0.1, -0.05) is 0 Å². The van der Waals surface area contributed by atoms with Crippen molar-refractivity contribution in [2.24, 2.45) is 16.0 Å². The number of hydrazone groups is 1. The van der Waals surface area contributed by atoms with Crippen LogP contribution in [0.2, 0.25) is 0 Å². The number of aliphatic imine (C=N–C) groups is 1. The Morgan fingerprint density at radius 3 is 2.68 bits per heavy atom. The van der Waals surface area contributed by atoms with Crippen molar-refractivity contribution in [3.8, 4) is 11.5 Å². The number of nitrogens with zero attached hydrogens (tertiary/aromatic N) is 3. The molecule has 0 fully saturated rings. The van der Waals surface area contributed by atoms with E-state index in [-0.39, 0.29) is 11.9 Å². The molecule has 0 aromatic heterocycles. The number of anilines is 1. The highest BCUT2D eigenvalue weighted by Crippen LogP contribution is 2.33. The van der Waals surface area contributed by atoms with Crippen LogP contribution in [0.1, 0.15) is 6.92 Å². The van der Waals surface area contributed by atoms with Crippen molar-refractivity contribution in [2.75, 3.05) is 33.2 Å². The van der Waals surface area contributed by atoms with Crippen LogP contribution in [0, 0.1) is 5.92 Å². The number of carbonyl (C=O) groups is 1. The van der Waals surface area contributed by atoms with Crippen molar-refractivity contribution >= 4 is 23.8 Å². The molecule has 1 unspecified atom stereocenters. The van der Waals surface area contributed by atoms with Crippen molar-refractivity contribution in [3.05, 3.63) is 29.5 Å². The molecule has 0 saturated heterocycles. The van der Waals surface area contributed by atoms with Crippen LogP contribution in [0.5, 0.6) is 11.5 Å². The lowest BCUT2D eigenvalue weighted by Crippen LogP contribution is -2.29. The first-order valence-corrected chi connectivity index (χ1v) is 7.74. The minimum Gasteiger partial charge on any atom is -0.493 e. The van der Waals surface area contributed by atoms with Crippen molar-refractivity contribution in [1.82, 2.24) is 5.01 Å². The van der Waals surface area contributed by atoms with Crippen LogP contribution in [0.3, 0.4) is 0 Å². The van der Waals surface area contributed by atoms with Crippen molar-refractivity contribution < 1.29 is 19.0 Å². The van der Waals surface area contributed by atoms with E-state index in [4.69, 9.17) is 14.2 Å². The average Bonchev–Trinajstić information content (AvgIpc) is 2.98. The lowest BCUT2D eigenvalue weighted by molar-refractivity contribution is -0.144. The zero-order valence-corrected chi connectivity index (χ0v) is 14.6. The SMILES string of the molecule is COC(=O)C1CN2N=CN=C(Nc3ccc(OC)c(OC)c3)C2=C1C. The van der Waals surface area contributed by atoms with E-state index in [0.29, 0.717) is 23.9 Å². The summed E-state index contributed by atoms with van der Waals surface area (Å²) in [4.78, 5) is 16.3. The smallest absolute Gasteiger partial charge is 0.314 e. The number of hydrogen-bond donors (Lipinski definition) is 1. The molecule has 0 bridgehead atoms. The number of fused-ring (bicyclic) bond motifs is 1. The zero-order valence-electron chi connectivity index (χ0n) is 14.6. The van der Waals surface area contributed by atoms with Crippen LogP contribution in [-0.2, 0) is 9.53 Å². The first-order chi connectivity index (χ1) is 12.1. The molecular formula is C17H20N4O4. The molecule has 8 nitrogen and oxygen atoms in total. The molecule has 0 aliphatic carbocycles. The van der Waals surface area contributed by atoms with Crippen LogP contribution in [0.4, 0.5) is 5.69 Å². The maximum Gasteiger partial charge on any atom is 0.314 e. The number of benzene rings is 1. The second kappa shape index (κ2) is 6.84. The minimum absolute atomic E-state index is 0.278. The third-order valence-electron chi connectivity index (χ3n) is 4.24. The molecule has 1 aromatic carbocycles. The molecule has 2 aliphatic rings. The van der Waals surface area contributed by atoms with Crippen LogP contribution >= 0.6 is 0 Å². The van der Waals surface area contributed by atoms with E-state index in [1.54, 1.807) is 19.2 Å². The van der Waals surface area contributed by atoms with Crippen molar-refractivity contribution in [1.29, 1.82) is 0 Å². The Morgan fingerprint density at radius 2 is 2.00 bits per heavy atom. The Kier molecular flexibility index (Phi) is 4.60. The Bertz CT molecular complexity index is 785. The number of esters is 1. The number of amidine groups is 1. The summed E-state index contributed by atoms with van der Waals surface area (Å²) in [6.07, 6.45) is 1.46. The van der Waals surface area contributed by atoms with Gasteiger partial charge in [0.1, 0.15) is 12.0 Å². The average molecular weight is 344 g/mol. The van der Waals surface area contributed by atoms with Gasteiger partial charge in [-0.15, -0.1) is 0 Å². The maximum atomic E-state index is 12.0. The van der Waals surface area contributed by atoms with Gasteiger partial charge in [-0.05, 0) is 24.6 Å². The van der Waals surface area contributed by atoms with Gasteiger partial charge in [0.2, 0.25) is 0 Å². The molecule has 25 heavy (non-hydrogen) atoms. The summed E-state index contributed by atoms with van der Waals surface area (Å²) in [6, 6.07) is 5.49. The van der Waals surface area contributed by atoms with Crippen LogP contribution < -0.4 is 14.8 Å². The van der Waals surface area contributed by atoms with E-state index >= 15 is 0 Å². The standard InChI is InChI=1S/C17H20N4O4/c1-10-12(17(22)25-4)8-21-15(10)16(18-9-19-21)20-11-5-6-13(23-2)14(7-11)24-3/h5-7,9,12H,8H2,1-4H3,(H,18,19,20). The number of methoxy groups -OCH3 is 3. The molecule has 0 amide bonds. The zero-order chi connectivity index (χ0) is 18.0. The van der Waals surface area contributed by atoms with Gasteiger partial charge in [0.25, 0.3) is 0 Å². The normalized spacial score (nSPS) is 18.6. The fourth-order valence-electron chi connectivity index (χ4n) is 2.93. The van der Waals surface area contributed by atoms with Gasteiger partial charge in [-0.25, -0.2) is 4.99 Å². The quantitative estimate of drug-likeness (QED) is 0.839. The first kappa shape index (κ1) is 16.8. The Labute approximate surface area is 145 Å². The van der Waals surface area contributed by atoms with E-state index < -0.39 is 0 Å². The number of rotatable bonds is 4. The fraction of sp³-hybridized carbons (Fsp3) is 0.353. The van der Waals surface area contributed by atoms with Gasteiger partial charge < -0.3 is 19.5 Å². The molecule has 1 aromatic rings. The monoisotopic (exact) mass is 344 g/mol. The lowest BCUT2D eigenvalue weighted by atomic mass is 10.0. The highest BCUT2D eigenvalue weighted by molar-refractivity contribution is 6.12. The third kappa shape index (κ3) is 3.02. The maximum absolute atomic E-state index is 12.0.